The van der Waals surface area contributed by atoms with Gasteiger partial charge in [-0.2, -0.15) is 0 Å². The fraction of sp³-hybridized carbons (Fsp3) is 0.235. The van der Waals surface area contributed by atoms with Gasteiger partial charge in [-0.05, 0) is 48.5 Å². The summed E-state index contributed by atoms with van der Waals surface area (Å²) in [5.41, 5.74) is 0. The van der Waals surface area contributed by atoms with Crippen molar-refractivity contribution in [3.8, 4) is 17.2 Å². The predicted octanol–water partition coefficient (Wildman–Crippen LogP) is 3.70. The number of carbonyl (C=O) groups is 1. The summed E-state index contributed by atoms with van der Waals surface area (Å²) >= 11 is 0. The number of benzene rings is 2. The van der Waals surface area contributed by atoms with Gasteiger partial charge in [-0.25, -0.2) is 9.18 Å². The van der Waals surface area contributed by atoms with Gasteiger partial charge in [-0.3, -0.25) is 0 Å². The second-order valence-corrected chi connectivity index (χ2v) is 4.88. The van der Waals surface area contributed by atoms with Gasteiger partial charge in [0.1, 0.15) is 36.3 Å². The minimum atomic E-state index is -0.406. The Morgan fingerprint density at radius 1 is 0.913 bits per heavy atom. The summed E-state index contributed by atoms with van der Waals surface area (Å²) in [6.45, 7) is 0.433. The summed E-state index contributed by atoms with van der Waals surface area (Å²) in [6.07, 6.45) is -0.406. The summed E-state index contributed by atoms with van der Waals surface area (Å²) in [7, 11) is 3.23. The number of hydrogen-bond donors (Lipinski definition) is 0. The lowest BCUT2D eigenvalue weighted by atomic mass is 10.3. The first kappa shape index (κ1) is 16.6. The first-order valence-electron chi connectivity index (χ1n) is 7.05. The fourth-order valence-electron chi connectivity index (χ4n) is 1.66. The van der Waals surface area contributed by atoms with E-state index in [1.807, 2.05) is 0 Å². The molecule has 122 valence electrons. The number of amides is 1. The lowest BCUT2D eigenvalue weighted by molar-refractivity contribution is 0.102. The number of carbonyl (C=O) groups excluding carboxylic acids is 1. The van der Waals surface area contributed by atoms with Gasteiger partial charge in [0.25, 0.3) is 0 Å². The SMILES string of the molecule is CN(C)C(=O)OCCOc1ccc(Oc2ccc(F)cc2)cc1. The van der Waals surface area contributed by atoms with Crippen molar-refractivity contribution in [1.29, 1.82) is 0 Å². The number of ether oxygens (including phenoxy) is 3. The van der Waals surface area contributed by atoms with E-state index >= 15 is 0 Å². The molecule has 5 nitrogen and oxygen atoms in total. The molecule has 0 aromatic heterocycles. The summed E-state index contributed by atoms with van der Waals surface area (Å²) in [5, 5.41) is 0. The van der Waals surface area contributed by atoms with E-state index in [1.54, 1.807) is 50.5 Å². The molecule has 0 saturated carbocycles. The van der Waals surface area contributed by atoms with Crippen LogP contribution in [0.3, 0.4) is 0 Å². The van der Waals surface area contributed by atoms with E-state index in [-0.39, 0.29) is 19.0 Å². The van der Waals surface area contributed by atoms with E-state index in [4.69, 9.17) is 14.2 Å². The average molecular weight is 319 g/mol. The van der Waals surface area contributed by atoms with E-state index in [1.165, 1.54) is 17.0 Å². The molecule has 0 N–H and O–H groups in total. The molecule has 2 aromatic carbocycles. The molecule has 0 aliphatic heterocycles. The topological polar surface area (TPSA) is 48.0 Å². The lowest BCUT2D eigenvalue weighted by Crippen LogP contribution is -2.24. The quantitative estimate of drug-likeness (QED) is 0.762. The highest BCUT2D eigenvalue weighted by atomic mass is 19.1. The molecule has 0 spiro atoms. The van der Waals surface area contributed by atoms with Crippen molar-refractivity contribution in [2.24, 2.45) is 0 Å². The zero-order valence-corrected chi connectivity index (χ0v) is 13.0. The molecule has 0 unspecified atom stereocenters. The van der Waals surface area contributed by atoms with Crippen molar-refractivity contribution in [2.75, 3.05) is 27.3 Å². The first-order chi connectivity index (χ1) is 11.0. The molecule has 23 heavy (non-hydrogen) atoms. The first-order valence-corrected chi connectivity index (χ1v) is 7.05. The van der Waals surface area contributed by atoms with Gasteiger partial charge in [0.2, 0.25) is 0 Å². The molecule has 0 aliphatic rings. The van der Waals surface area contributed by atoms with Crippen molar-refractivity contribution in [2.45, 2.75) is 0 Å². The van der Waals surface area contributed by atoms with Crippen LogP contribution in [0.25, 0.3) is 0 Å². The minimum absolute atomic E-state index is 0.171. The third-order valence-corrected chi connectivity index (χ3v) is 2.82. The Morgan fingerprint density at radius 2 is 1.43 bits per heavy atom. The molecule has 0 fully saturated rings. The summed E-state index contributed by atoms with van der Waals surface area (Å²) in [5.74, 6) is 1.49. The van der Waals surface area contributed by atoms with Gasteiger partial charge in [0.15, 0.2) is 0 Å². The summed E-state index contributed by atoms with van der Waals surface area (Å²) < 4.78 is 28.8. The number of hydrogen-bond acceptors (Lipinski definition) is 4. The fourth-order valence-corrected chi connectivity index (χ4v) is 1.66. The van der Waals surface area contributed by atoms with Crippen LogP contribution < -0.4 is 9.47 Å². The Balaban J connectivity index is 1.78. The zero-order valence-electron chi connectivity index (χ0n) is 13.0. The van der Waals surface area contributed by atoms with Crippen LogP contribution in [-0.4, -0.2) is 38.3 Å². The molecular weight excluding hydrogens is 301 g/mol. The Hall–Kier alpha value is -2.76. The maximum Gasteiger partial charge on any atom is 0.409 e. The average Bonchev–Trinajstić information content (AvgIpc) is 2.55. The number of nitrogens with zero attached hydrogens (tertiary/aromatic N) is 1. The van der Waals surface area contributed by atoms with Crippen LogP contribution in [0.5, 0.6) is 17.2 Å². The second kappa shape index (κ2) is 8.03. The smallest absolute Gasteiger partial charge is 0.409 e. The van der Waals surface area contributed by atoms with Crippen LogP contribution in [0.15, 0.2) is 48.5 Å². The number of halogens is 1. The van der Waals surface area contributed by atoms with Crippen molar-refractivity contribution in [3.05, 3.63) is 54.3 Å². The zero-order chi connectivity index (χ0) is 16.7. The Kier molecular flexibility index (Phi) is 5.80. The van der Waals surface area contributed by atoms with Crippen molar-refractivity contribution in [1.82, 2.24) is 4.90 Å². The predicted molar refractivity (Wildman–Crippen MR) is 83.4 cm³/mol. The highest BCUT2D eigenvalue weighted by molar-refractivity contribution is 5.66. The second-order valence-electron chi connectivity index (χ2n) is 4.88. The van der Waals surface area contributed by atoms with Gasteiger partial charge in [-0.1, -0.05) is 0 Å². The summed E-state index contributed by atoms with van der Waals surface area (Å²) in [4.78, 5) is 12.6. The van der Waals surface area contributed by atoms with Gasteiger partial charge >= 0.3 is 6.09 Å². The van der Waals surface area contributed by atoms with E-state index in [2.05, 4.69) is 0 Å². The highest BCUT2D eigenvalue weighted by Gasteiger charge is 2.04. The molecule has 0 saturated heterocycles. The van der Waals surface area contributed by atoms with Crippen LogP contribution >= 0.6 is 0 Å². The molecule has 1 amide bonds. The van der Waals surface area contributed by atoms with E-state index in [0.29, 0.717) is 17.2 Å². The normalized spacial score (nSPS) is 10.0. The van der Waals surface area contributed by atoms with Crippen LogP contribution in [0.2, 0.25) is 0 Å². The monoisotopic (exact) mass is 319 g/mol. The maximum absolute atomic E-state index is 12.8. The van der Waals surface area contributed by atoms with E-state index in [0.717, 1.165) is 0 Å². The molecule has 0 bridgehead atoms. The van der Waals surface area contributed by atoms with Crippen LogP contribution in [0.1, 0.15) is 0 Å². The van der Waals surface area contributed by atoms with Crippen LogP contribution in [0.4, 0.5) is 9.18 Å². The van der Waals surface area contributed by atoms with Gasteiger partial charge in [0.05, 0.1) is 0 Å². The molecule has 6 heteroatoms. The summed E-state index contributed by atoms with van der Waals surface area (Å²) in [6, 6.07) is 12.7. The van der Waals surface area contributed by atoms with Gasteiger partial charge in [0, 0.05) is 14.1 Å². The standard InChI is InChI=1S/C17H18FNO4/c1-19(2)17(20)22-12-11-21-14-7-9-16(10-8-14)23-15-5-3-13(18)4-6-15/h3-10H,11-12H2,1-2H3. The third-order valence-electron chi connectivity index (χ3n) is 2.82. The van der Waals surface area contributed by atoms with E-state index in [9.17, 15) is 9.18 Å². The molecule has 0 aliphatic carbocycles. The van der Waals surface area contributed by atoms with Crippen molar-refractivity contribution >= 4 is 6.09 Å². The Labute approximate surface area is 134 Å². The minimum Gasteiger partial charge on any atom is -0.490 e. The van der Waals surface area contributed by atoms with Crippen molar-refractivity contribution in [3.63, 3.8) is 0 Å². The highest BCUT2D eigenvalue weighted by Crippen LogP contribution is 2.23. The Bertz CT molecular complexity index is 626. The van der Waals surface area contributed by atoms with Gasteiger partial charge < -0.3 is 19.1 Å². The lowest BCUT2D eigenvalue weighted by Gasteiger charge is -2.12. The molecule has 0 radical (unpaired) electrons. The molecule has 2 rings (SSSR count). The molecular formula is C17H18FNO4. The van der Waals surface area contributed by atoms with Crippen molar-refractivity contribution < 1.29 is 23.4 Å². The maximum atomic E-state index is 12.8. The van der Waals surface area contributed by atoms with Gasteiger partial charge in [-0.15, -0.1) is 0 Å². The number of rotatable bonds is 6. The molecule has 0 heterocycles. The third kappa shape index (κ3) is 5.50. The van der Waals surface area contributed by atoms with Crippen LogP contribution in [-0.2, 0) is 4.74 Å². The largest absolute Gasteiger partial charge is 0.490 e. The molecule has 2 aromatic rings. The Morgan fingerprint density at radius 3 is 2.00 bits per heavy atom. The van der Waals surface area contributed by atoms with E-state index < -0.39 is 6.09 Å². The molecule has 0 atom stereocenters. The van der Waals surface area contributed by atoms with Crippen LogP contribution in [0, 0.1) is 5.82 Å².